The number of aliphatic hydroxyl groups excluding tert-OH is 4. The maximum atomic E-state index is 10.7. The molecule has 6 N–H and O–H groups in total. The van der Waals surface area contributed by atoms with E-state index in [0.29, 0.717) is 5.69 Å². The molecule has 0 radical (unpaired) electrons. The first-order chi connectivity index (χ1) is 9.93. The fourth-order valence-electron chi connectivity index (χ4n) is 2.09. The number of hydrogen-bond acceptors (Lipinski definition) is 7. The van der Waals surface area contributed by atoms with Crippen LogP contribution in [0.2, 0.25) is 0 Å². The maximum absolute atomic E-state index is 10.7. The molecule has 8 nitrogen and oxygen atoms in total. The van der Waals surface area contributed by atoms with Crippen LogP contribution in [0.1, 0.15) is 10.4 Å². The van der Waals surface area contributed by atoms with Crippen LogP contribution in [0, 0.1) is 0 Å². The Bertz CT molecular complexity index is 490. The van der Waals surface area contributed by atoms with E-state index in [1.807, 2.05) is 0 Å². The molecule has 1 fully saturated rings. The van der Waals surface area contributed by atoms with Crippen LogP contribution >= 0.6 is 0 Å². The zero-order valence-corrected chi connectivity index (χ0v) is 11.0. The molecule has 0 spiro atoms. The van der Waals surface area contributed by atoms with Crippen LogP contribution in [0.5, 0.6) is 0 Å². The van der Waals surface area contributed by atoms with Crippen molar-refractivity contribution >= 4 is 11.7 Å². The molecule has 2 rings (SSSR count). The number of aliphatic hydroxyl groups is 4. The number of carbonyl (C=O) groups is 1. The monoisotopic (exact) mass is 299 g/mol. The van der Waals surface area contributed by atoms with Crippen LogP contribution in [-0.4, -0.2) is 68.8 Å². The highest BCUT2D eigenvalue weighted by molar-refractivity contribution is 5.87. The van der Waals surface area contributed by atoms with Crippen molar-refractivity contribution < 1.29 is 35.1 Å². The van der Waals surface area contributed by atoms with Crippen molar-refractivity contribution in [3.8, 4) is 0 Å². The van der Waals surface area contributed by atoms with Gasteiger partial charge in [-0.05, 0) is 24.3 Å². The zero-order chi connectivity index (χ0) is 15.6. The lowest BCUT2D eigenvalue weighted by molar-refractivity contribution is -0.221. The van der Waals surface area contributed by atoms with Crippen molar-refractivity contribution in [1.82, 2.24) is 0 Å². The Labute approximate surface area is 120 Å². The third-order valence-electron chi connectivity index (χ3n) is 3.33. The van der Waals surface area contributed by atoms with Crippen LogP contribution in [0.4, 0.5) is 5.69 Å². The lowest BCUT2D eigenvalue weighted by atomic mass is 9.98. The summed E-state index contributed by atoms with van der Waals surface area (Å²) in [4.78, 5) is 10.7. The normalized spacial score (nSPS) is 32.7. The summed E-state index contributed by atoms with van der Waals surface area (Å²) in [6.07, 6.45) is -6.33. The minimum atomic E-state index is -1.47. The van der Waals surface area contributed by atoms with Crippen LogP contribution in [0.15, 0.2) is 24.3 Å². The first-order valence-corrected chi connectivity index (χ1v) is 6.34. The number of benzene rings is 1. The predicted molar refractivity (Wildman–Crippen MR) is 70.8 cm³/mol. The summed E-state index contributed by atoms with van der Waals surface area (Å²) in [5.41, 5.74) is 0.568. The number of carboxylic acids is 1. The van der Waals surface area contributed by atoms with E-state index in [9.17, 15) is 20.1 Å². The standard InChI is InChI=1S/C13H17NO7/c15-5-8-9(16)10(17)11(18)12(21-8)14-7-3-1-6(2-4-7)13(19)20/h1-4,8-12,14-18H,5H2,(H,19,20)/t8-,9-,10+,11+,12+/m0/s1. The molecular weight excluding hydrogens is 282 g/mol. The van der Waals surface area contributed by atoms with E-state index in [2.05, 4.69) is 5.32 Å². The molecule has 0 saturated carbocycles. The van der Waals surface area contributed by atoms with E-state index in [1.54, 1.807) is 0 Å². The SMILES string of the molecule is O=C(O)c1ccc(N[C@@H]2O[C@@H](CO)[C@H](O)[C@@H](O)[C@H]2O)cc1. The summed E-state index contributed by atoms with van der Waals surface area (Å²) in [5, 5.41) is 49.8. The molecule has 1 heterocycles. The third kappa shape index (κ3) is 3.31. The van der Waals surface area contributed by atoms with Gasteiger partial charge in [0.15, 0.2) is 6.23 Å². The number of hydrogen-bond donors (Lipinski definition) is 6. The molecule has 5 atom stereocenters. The zero-order valence-electron chi connectivity index (χ0n) is 11.0. The molecule has 0 aliphatic carbocycles. The van der Waals surface area contributed by atoms with Gasteiger partial charge in [0.25, 0.3) is 0 Å². The lowest BCUT2D eigenvalue weighted by Crippen LogP contribution is -2.60. The van der Waals surface area contributed by atoms with E-state index in [1.165, 1.54) is 24.3 Å². The average Bonchev–Trinajstić information content (AvgIpc) is 2.48. The summed E-state index contributed by atoms with van der Waals surface area (Å²) < 4.78 is 5.27. The van der Waals surface area contributed by atoms with E-state index in [0.717, 1.165) is 0 Å². The molecule has 0 amide bonds. The van der Waals surface area contributed by atoms with E-state index in [-0.39, 0.29) is 5.56 Å². The maximum Gasteiger partial charge on any atom is 0.335 e. The Balaban J connectivity index is 2.08. The average molecular weight is 299 g/mol. The van der Waals surface area contributed by atoms with Gasteiger partial charge in [-0.15, -0.1) is 0 Å². The van der Waals surface area contributed by atoms with E-state index < -0.39 is 43.2 Å². The Morgan fingerprint density at radius 1 is 1.10 bits per heavy atom. The Morgan fingerprint density at radius 3 is 2.24 bits per heavy atom. The highest BCUT2D eigenvalue weighted by Crippen LogP contribution is 2.23. The summed E-state index contributed by atoms with van der Waals surface area (Å²) in [7, 11) is 0. The van der Waals surface area contributed by atoms with Gasteiger partial charge in [0.2, 0.25) is 0 Å². The van der Waals surface area contributed by atoms with Crippen LogP contribution in [0.25, 0.3) is 0 Å². The van der Waals surface area contributed by atoms with Gasteiger partial charge in [-0.1, -0.05) is 0 Å². The molecule has 1 aromatic rings. The van der Waals surface area contributed by atoms with Crippen molar-refractivity contribution in [3.63, 3.8) is 0 Å². The summed E-state index contributed by atoms with van der Waals surface area (Å²) in [5.74, 6) is -1.06. The molecule has 0 unspecified atom stereocenters. The molecule has 1 aliphatic heterocycles. The van der Waals surface area contributed by atoms with Gasteiger partial charge in [-0.25, -0.2) is 4.79 Å². The van der Waals surface area contributed by atoms with Crippen molar-refractivity contribution in [2.24, 2.45) is 0 Å². The van der Waals surface area contributed by atoms with Gasteiger partial charge in [0.1, 0.15) is 24.4 Å². The smallest absolute Gasteiger partial charge is 0.335 e. The molecule has 116 valence electrons. The predicted octanol–water partition coefficient (Wildman–Crippen LogP) is -1.40. The molecule has 8 heteroatoms. The summed E-state index contributed by atoms with van der Waals surface area (Å²) in [6, 6.07) is 5.69. The largest absolute Gasteiger partial charge is 0.478 e. The molecular formula is C13H17NO7. The number of carboxylic acid groups (broad SMARTS) is 1. The second-order valence-electron chi connectivity index (χ2n) is 4.78. The fraction of sp³-hybridized carbons (Fsp3) is 0.462. The van der Waals surface area contributed by atoms with Crippen LogP contribution < -0.4 is 5.32 Å². The Hall–Kier alpha value is -1.71. The Morgan fingerprint density at radius 2 is 1.71 bits per heavy atom. The molecule has 0 aromatic heterocycles. The lowest BCUT2D eigenvalue weighted by Gasteiger charge is -2.40. The highest BCUT2D eigenvalue weighted by atomic mass is 16.6. The van der Waals surface area contributed by atoms with Crippen molar-refractivity contribution in [1.29, 1.82) is 0 Å². The van der Waals surface area contributed by atoms with Gasteiger partial charge >= 0.3 is 5.97 Å². The molecule has 0 bridgehead atoms. The van der Waals surface area contributed by atoms with Gasteiger partial charge in [-0.3, -0.25) is 0 Å². The third-order valence-corrected chi connectivity index (χ3v) is 3.33. The van der Waals surface area contributed by atoms with Gasteiger partial charge in [0.05, 0.1) is 12.2 Å². The number of ether oxygens (including phenoxy) is 1. The van der Waals surface area contributed by atoms with Crippen molar-refractivity contribution in [2.75, 3.05) is 11.9 Å². The number of aromatic carboxylic acids is 1. The second-order valence-corrected chi connectivity index (χ2v) is 4.78. The molecule has 1 aromatic carbocycles. The van der Waals surface area contributed by atoms with Crippen molar-refractivity contribution in [3.05, 3.63) is 29.8 Å². The van der Waals surface area contributed by atoms with E-state index in [4.69, 9.17) is 14.9 Å². The summed E-state index contributed by atoms with van der Waals surface area (Å²) >= 11 is 0. The number of nitrogens with one attached hydrogen (secondary N) is 1. The van der Waals surface area contributed by atoms with Crippen LogP contribution in [-0.2, 0) is 4.74 Å². The first-order valence-electron chi connectivity index (χ1n) is 6.34. The number of anilines is 1. The minimum Gasteiger partial charge on any atom is -0.478 e. The fourth-order valence-corrected chi connectivity index (χ4v) is 2.09. The molecule has 21 heavy (non-hydrogen) atoms. The second kappa shape index (κ2) is 6.37. The molecule has 1 saturated heterocycles. The van der Waals surface area contributed by atoms with E-state index >= 15 is 0 Å². The van der Waals surface area contributed by atoms with Gasteiger partial charge in [0, 0.05) is 5.69 Å². The Kier molecular flexibility index (Phi) is 4.76. The topological polar surface area (TPSA) is 139 Å². The summed E-state index contributed by atoms with van der Waals surface area (Å²) in [6.45, 7) is -0.513. The minimum absolute atomic E-state index is 0.106. The molecule has 1 aliphatic rings. The number of rotatable bonds is 4. The quantitative estimate of drug-likeness (QED) is 0.399. The van der Waals surface area contributed by atoms with Crippen LogP contribution in [0.3, 0.4) is 0 Å². The van der Waals surface area contributed by atoms with Crippen molar-refractivity contribution in [2.45, 2.75) is 30.6 Å². The first kappa shape index (κ1) is 15.7. The van der Waals surface area contributed by atoms with Gasteiger partial charge in [-0.2, -0.15) is 0 Å². The highest BCUT2D eigenvalue weighted by Gasteiger charge is 2.43. The van der Waals surface area contributed by atoms with Gasteiger partial charge < -0.3 is 35.6 Å².